The quantitative estimate of drug-likeness (QED) is 0.549. The second kappa shape index (κ2) is 8.70. The van der Waals surface area contributed by atoms with Crippen molar-refractivity contribution in [2.75, 3.05) is 10.6 Å². The third-order valence-electron chi connectivity index (χ3n) is 4.17. The van der Waals surface area contributed by atoms with Gasteiger partial charge in [-0.3, -0.25) is 4.79 Å². The topological polar surface area (TPSA) is 84.7 Å². The summed E-state index contributed by atoms with van der Waals surface area (Å²) in [7, 11) is 0. The Bertz CT molecular complexity index is 1050. The van der Waals surface area contributed by atoms with Crippen LogP contribution < -0.4 is 10.6 Å². The fourth-order valence-electron chi connectivity index (χ4n) is 2.64. The van der Waals surface area contributed by atoms with Gasteiger partial charge in [-0.2, -0.15) is 23.3 Å². The molecule has 0 unspecified atom stereocenters. The molecule has 1 amide bonds. The van der Waals surface area contributed by atoms with Crippen LogP contribution in [0.4, 0.5) is 24.7 Å². The van der Waals surface area contributed by atoms with Crippen molar-refractivity contribution >= 4 is 29.0 Å². The van der Waals surface area contributed by atoms with Crippen molar-refractivity contribution in [3.63, 3.8) is 0 Å². The first-order chi connectivity index (χ1) is 14.2. The van der Waals surface area contributed by atoms with E-state index in [2.05, 4.69) is 25.7 Å². The highest BCUT2D eigenvalue weighted by Crippen LogP contribution is 2.29. The number of aromatic nitrogens is 4. The van der Waals surface area contributed by atoms with Crippen molar-refractivity contribution < 1.29 is 18.0 Å². The number of carbonyl (C=O) groups excluding carboxylic acids is 1. The van der Waals surface area contributed by atoms with Crippen LogP contribution in [0.5, 0.6) is 0 Å². The predicted octanol–water partition coefficient (Wildman–Crippen LogP) is 4.60. The number of rotatable bonds is 6. The minimum absolute atomic E-state index is 0.0250. The van der Waals surface area contributed by atoms with E-state index in [0.717, 1.165) is 11.6 Å². The molecule has 0 aliphatic rings. The van der Waals surface area contributed by atoms with E-state index in [1.807, 2.05) is 0 Å². The Morgan fingerprint density at radius 2 is 1.93 bits per heavy atom. The zero-order chi connectivity index (χ0) is 21.9. The van der Waals surface area contributed by atoms with Crippen molar-refractivity contribution in [2.45, 2.75) is 33.0 Å². The van der Waals surface area contributed by atoms with E-state index in [-0.39, 0.29) is 11.2 Å². The van der Waals surface area contributed by atoms with Gasteiger partial charge in [0.25, 0.3) is 0 Å². The lowest BCUT2D eigenvalue weighted by Crippen LogP contribution is -2.13. The van der Waals surface area contributed by atoms with Gasteiger partial charge in [0.2, 0.25) is 11.2 Å². The average Bonchev–Trinajstić information content (AvgIpc) is 3.10. The van der Waals surface area contributed by atoms with Crippen LogP contribution in [0, 0.1) is 6.92 Å². The largest absolute Gasteiger partial charge is 0.435 e. The summed E-state index contributed by atoms with van der Waals surface area (Å²) in [6, 6.07) is 7.85. The Balaban J connectivity index is 1.74. The minimum atomic E-state index is -4.50. The molecule has 0 saturated carbocycles. The maximum absolute atomic E-state index is 12.9. The number of hydrogen-bond donors (Lipinski definition) is 2. The Morgan fingerprint density at radius 3 is 2.53 bits per heavy atom. The highest BCUT2D eigenvalue weighted by molar-refractivity contribution is 6.28. The zero-order valence-electron chi connectivity index (χ0n) is 16.1. The number of nitrogens with zero attached hydrogens (tertiary/aromatic N) is 4. The van der Waals surface area contributed by atoms with E-state index in [1.54, 1.807) is 38.1 Å². The molecule has 2 aromatic heterocycles. The van der Waals surface area contributed by atoms with E-state index in [9.17, 15) is 18.0 Å². The van der Waals surface area contributed by atoms with E-state index in [1.165, 1.54) is 10.9 Å². The van der Waals surface area contributed by atoms with Gasteiger partial charge in [-0.1, -0.05) is 19.1 Å². The molecule has 0 spiro atoms. The number of halogens is 4. The lowest BCUT2D eigenvalue weighted by molar-refractivity contribution is -0.141. The van der Waals surface area contributed by atoms with Crippen LogP contribution in [0.2, 0.25) is 5.28 Å². The molecule has 0 radical (unpaired) electrons. The third-order valence-corrected chi connectivity index (χ3v) is 4.36. The van der Waals surface area contributed by atoms with Gasteiger partial charge in [-0.25, -0.2) is 9.67 Å². The molecule has 3 aromatic rings. The van der Waals surface area contributed by atoms with Crippen LogP contribution in [0.3, 0.4) is 0 Å². The second-order valence-corrected chi connectivity index (χ2v) is 6.74. The Labute approximate surface area is 175 Å². The summed E-state index contributed by atoms with van der Waals surface area (Å²) in [5.41, 5.74) is 1.18. The molecule has 1 aromatic carbocycles. The van der Waals surface area contributed by atoms with E-state index < -0.39 is 11.9 Å². The van der Waals surface area contributed by atoms with Gasteiger partial charge in [0.05, 0.1) is 11.9 Å². The number of nitrogens with one attached hydrogen (secondary N) is 2. The number of amides is 1. The molecule has 11 heteroatoms. The molecule has 7 nitrogen and oxygen atoms in total. The standard InChI is InChI=1S/C19H18ClF3N6O/c1-3-16(30)26-14-10-25-18(20)27-17(14)24-9-12-4-6-13(7-5-12)29-11(2)8-15(28-29)19(21,22)23/h4-8,10H,3,9H2,1-2H3,(H,26,30)(H,24,25,27). The number of carbonyl (C=O) groups is 1. The van der Waals surface area contributed by atoms with Gasteiger partial charge in [-0.15, -0.1) is 0 Å². The molecule has 0 aliphatic heterocycles. The summed E-state index contributed by atoms with van der Waals surface area (Å²) in [5, 5.41) is 9.42. The van der Waals surface area contributed by atoms with Crippen molar-refractivity contribution in [2.24, 2.45) is 0 Å². The van der Waals surface area contributed by atoms with E-state index in [4.69, 9.17) is 11.6 Å². The van der Waals surface area contributed by atoms with E-state index >= 15 is 0 Å². The number of aryl methyl sites for hydroxylation is 1. The van der Waals surface area contributed by atoms with Gasteiger partial charge in [0.15, 0.2) is 11.5 Å². The lowest BCUT2D eigenvalue weighted by Gasteiger charge is -2.12. The first-order valence-electron chi connectivity index (χ1n) is 8.97. The monoisotopic (exact) mass is 438 g/mol. The van der Waals surface area contributed by atoms with Crippen molar-refractivity contribution in [3.8, 4) is 5.69 Å². The number of anilines is 2. The number of alkyl halides is 3. The SMILES string of the molecule is CCC(=O)Nc1cnc(Cl)nc1NCc1ccc(-n2nc(C(F)(F)F)cc2C)cc1. The molecular formula is C19H18ClF3N6O. The van der Waals surface area contributed by atoms with Gasteiger partial charge in [0.1, 0.15) is 5.69 Å². The van der Waals surface area contributed by atoms with Gasteiger partial charge in [0, 0.05) is 18.7 Å². The summed E-state index contributed by atoms with van der Waals surface area (Å²) >= 11 is 5.84. The summed E-state index contributed by atoms with van der Waals surface area (Å²) in [5.74, 6) is 0.166. The number of hydrogen-bond acceptors (Lipinski definition) is 5. The van der Waals surface area contributed by atoms with Crippen LogP contribution in [0.1, 0.15) is 30.3 Å². The van der Waals surface area contributed by atoms with Crippen LogP contribution in [-0.2, 0) is 17.5 Å². The molecule has 0 aliphatic carbocycles. The summed E-state index contributed by atoms with van der Waals surface area (Å²) < 4.78 is 39.8. The van der Waals surface area contributed by atoms with Gasteiger partial charge >= 0.3 is 6.18 Å². The fourth-order valence-corrected chi connectivity index (χ4v) is 2.77. The molecule has 3 rings (SSSR count). The predicted molar refractivity (Wildman–Crippen MR) is 107 cm³/mol. The molecule has 0 bridgehead atoms. The normalized spacial score (nSPS) is 11.4. The second-order valence-electron chi connectivity index (χ2n) is 6.40. The van der Waals surface area contributed by atoms with Crippen LogP contribution in [0.15, 0.2) is 36.5 Å². The average molecular weight is 439 g/mol. The van der Waals surface area contributed by atoms with E-state index in [0.29, 0.717) is 35.9 Å². The molecule has 2 heterocycles. The lowest BCUT2D eigenvalue weighted by atomic mass is 10.2. The molecule has 158 valence electrons. The molecular weight excluding hydrogens is 421 g/mol. The first-order valence-corrected chi connectivity index (χ1v) is 9.34. The summed E-state index contributed by atoms with van der Waals surface area (Å²) in [6.07, 6.45) is -2.79. The minimum Gasteiger partial charge on any atom is -0.364 e. The molecule has 0 fully saturated rings. The maximum atomic E-state index is 12.9. The summed E-state index contributed by atoms with van der Waals surface area (Å²) in [4.78, 5) is 19.6. The molecule has 30 heavy (non-hydrogen) atoms. The smallest absolute Gasteiger partial charge is 0.364 e. The molecule has 0 saturated heterocycles. The van der Waals surface area contributed by atoms with Gasteiger partial charge < -0.3 is 10.6 Å². The van der Waals surface area contributed by atoms with Crippen LogP contribution in [0.25, 0.3) is 5.69 Å². The highest BCUT2D eigenvalue weighted by Gasteiger charge is 2.34. The maximum Gasteiger partial charge on any atom is 0.435 e. The fraction of sp³-hybridized carbons (Fsp3) is 0.263. The van der Waals surface area contributed by atoms with Gasteiger partial charge in [-0.05, 0) is 42.3 Å². The van der Waals surface area contributed by atoms with Crippen LogP contribution in [-0.4, -0.2) is 25.7 Å². The Morgan fingerprint density at radius 1 is 1.23 bits per heavy atom. The number of benzene rings is 1. The Hall–Kier alpha value is -3.14. The zero-order valence-corrected chi connectivity index (χ0v) is 16.8. The van der Waals surface area contributed by atoms with Crippen molar-refractivity contribution in [1.29, 1.82) is 0 Å². The third kappa shape index (κ3) is 5.07. The summed E-state index contributed by atoms with van der Waals surface area (Å²) in [6.45, 7) is 3.62. The molecule has 0 atom stereocenters. The Kier molecular flexibility index (Phi) is 6.25. The van der Waals surface area contributed by atoms with Crippen molar-refractivity contribution in [1.82, 2.24) is 19.7 Å². The van der Waals surface area contributed by atoms with Crippen molar-refractivity contribution in [3.05, 3.63) is 58.8 Å². The van der Waals surface area contributed by atoms with Crippen LogP contribution >= 0.6 is 11.6 Å². The molecule has 2 N–H and O–H groups in total. The first kappa shape index (κ1) is 21.6. The highest BCUT2D eigenvalue weighted by atomic mass is 35.5.